The van der Waals surface area contributed by atoms with Gasteiger partial charge in [0, 0.05) is 33.2 Å². The Balaban J connectivity index is 2.44. The van der Waals surface area contributed by atoms with Crippen LogP contribution in [0.4, 0.5) is 4.79 Å². The van der Waals surface area contributed by atoms with Crippen molar-refractivity contribution in [3.63, 3.8) is 0 Å². The van der Waals surface area contributed by atoms with E-state index >= 15 is 0 Å². The van der Waals surface area contributed by atoms with Crippen molar-refractivity contribution in [2.24, 2.45) is 0 Å². The zero-order chi connectivity index (χ0) is 47.3. The van der Waals surface area contributed by atoms with Crippen molar-refractivity contribution in [3.05, 3.63) is 0 Å². The first kappa shape index (κ1) is 61.6. The summed E-state index contributed by atoms with van der Waals surface area (Å²) in [7, 11) is 1.48. The Hall–Kier alpha value is -1.42. The monoisotopic (exact) mass is 922 g/mol. The van der Waals surface area contributed by atoms with Gasteiger partial charge in [-0.3, -0.25) is 4.79 Å². The van der Waals surface area contributed by atoms with Crippen molar-refractivity contribution in [2.75, 3.05) is 26.7 Å². The first-order chi connectivity index (χ1) is 31.9. The number of ether oxygens (including phenoxy) is 2. The Morgan fingerprint density at radius 2 is 0.815 bits per heavy atom. The van der Waals surface area contributed by atoms with Crippen molar-refractivity contribution >= 4 is 11.9 Å². The van der Waals surface area contributed by atoms with Crippen molar-refractivity contribution < 1.29 is 29.3 Å². The van der Waals surface area contributed by atoms with Crippen LogP contribution in [-0.2, 0) is 14.3 Å². The average Bonchev–Trinajstić information content (AvgIpc) is 3.31. The van der Waals surface area contributed by atoms with E-state index < -0.39 is 36.7 Å². The molecule has 1 fully saturated rings. The lowest BCUT2D eigenvalue weighted by Crippen LogP contribution is -2.66. The van der Waals surface area contributed by atoms with Crippen LogP contribution in [0.1, 0.15) is 290 Å². The Bertz CT molecular complexity index is 1030. The molecule has 1 heterocycles. The van der Waals surface area contributed by atoms with Gasteiger partial charge in [0.1, 0.15) is 24.4 Å². The van der Waals surface area contributed by atoms with Gasteiger partial charge >= 0.3 is 6.03 Å². The first-order valence-corrected chi connectivity index (χ1v) is 28.8. The number of nitrogens with zero attached hydrogens (tertiary/aromatic N) is 1. The van der Waals surface area contributed by atoms with E-state index in [1.165, 1.54) is 225 Å². The third-order valence-corrected chi connectivity index (χ3v) is 14.1. The van der Waals surface area contributed by atoms with Crippen LogP contribution in [0.5, 0.6) is 0 Å². The Labute approximate surface area is 403 Å². The third-order valence-electron chi connectivity index (χ3n) is 14.1. The van der Waals surface area contributed by atoms with Gasteiger partial charge in [0.25, 0.3) is 0 Å². The lowest BCUT2D eigenvalue weighted by molar-refractivity contribution is -0.257. The highest BCUT2D eigenvalue weighted by molar-refractivity contribution is 5.76. The molecule has 1 rings (SSSR count). The van der Waals surface area contributed by atoms with E-state index in [9.17, 15) is 19.8 Å². The van der Waals surface area contributed by atoms with Crippen molar-refractivity contribution in [1.82, 2.24) is 15.5 Å². The first-order valence-electron chi connectivity index (χ1n) is 28.8. The molecule has 4 N–H and O–H groups in total. The van der Waals surface area contributed by atoms with E-state index in [-0.39, 0.29) is 12.5 Å². The van der Waals surface area contributed by atoms with Crippen LogP contribution in [-0.4, -0.2) is 84.4 Å². The summed E-state index contributed by atoms with van der Waals surface area (Å²) < 4.78 is 11.8. The minimum absolute atomic E-state index is 0.0851. The molecule has 9 heteroatoms. The van der Waals surface area contributed by atoms with E-state index in [2.05, 4.69) is 31.4 Å². The van der Waals surface area contributed by atoms with Gasteiger partial charge in [0.15, 0.2) is 6.29 Å². The fourth-order valence-electron chi connectivity index (χ4n) is 9.65. The van der Waals surface area contributed by atoms with E-state index in [1.807, 2.05) is 4.90 Å². The summed E-state index contributed by atoms with van der Waals surface area (Å²) in [5.41, 5.74) is 0. The molecule has 0 unspecified atom stereocenters. The molecule has 0 aromatic rings. The van der Waals surface area contributed by atoms with Gasteiger partial charge in [-0.1, -0.05) is 265 Å². The molecule has 5 atom stereocenters. The number of nitrogens with one attached hydrogen (secondary N) is 2. The van der Waals surface area contributed by atoms with Crippen LogP contribution in [0.15, 0.2) is 0 Å². The molecule has 3 amide bonds. The summed E-state index contributed by atoms with van der Waals surface area (Å²) in [6, 6.07) is -1.35. The molecular weight excluding hydrogens is 811 g/mol. The lowest BCUT2D eigenvalue weighted by atomic mass is 9.96. The topological polar surface area (TPSA) is 120 Å². The lowest BCUT2D eigenvalue weighted by Gasteiger charge is -2.43. The molecule has 0 spiro atoms. The van der Waals surface area contributed by atoms with Gasteiger partial charge in [-0.05, 0) is 19.3 Å². The molecule has 1 aliphatic rings. The minimum atomic E-state index is -1.30. The highest BCUT2D eigenvalue weighted by atomic mass is 16.7. The number of rotatable bonds is 48. The van der Waals surface area contributed by atoms with Crippen LogP contribution in [0.25, 0.3) is 0 Å². The summed E-state index contributed by atoms with van der Waals surface area (Å²) in [5, 5.41) is 28.3. The summed E-state index contributed by atoms with van der Waals surface area (Å²) in [4.78, 5) is 28.4. The molecule has 1 saturated heterocycles. The molecular formula is C56H111N3O6. The standard InChI is InChI=1S/C56H111N3O6/c1-5-8-11-14-17-20-22-24-26-28-30-32-35-38-41-44-47-57-56(63)58-52-54(62)53(61)50(65-55(52)64-4)49-59(51(60)46-43-40-37-34-19-16-13-10-7-3)48-45-42-39-36-33-31-29-27-25-23-21-18-15-12-9-6-2/h50,52-55,61-62H,5-49H2,1-4H3,(H2,57,58,63)/t50-,52-,53-,54-,55+/m1/s1. The Morgan fingerprint density at radius 3 is 1.18 bits per heavy atom. The SMILES string of the molecule is CCCCCCCCCCCCCCCCCCNC(=O)N[C@H]1[C@@H](OC)O[C@H](CN(CCCCCCCCCCCCCCCCCC)C(=O)CCCCCCCCCCC)[C@@H](O)[C@@H]1O. The smallest absolute Gasteiger partial charge is 0.315 e. The number of hydrogen-bond donors (Lipinski definition) is 4. The summed E-state index contributed by atoms with van der Waals surface area (Å²) in [6.45, 7) is 8.15. The molecule has 1 aliphatic heterocycles. The number of unbranched alkanes of at least 4 members (excludes halogenated alkanes) is 38. The maximum atomic E-state index is 13.7. The largest absolute Gasteiger partial charge is 0.388 e. The Morgan fingerprint density at radius 1 is 0.477 bits per heavy atom. The van der Waals surface area contributed by atoms with Crippen LogP contribution in [0, 0.1) is 0 Å². The third kappa shape index (κ3) is 35.4. The number of carbonyl (C=O) groups excluding carboxylic acids is 2. The van der Waals surface area contributed by atoms with Crippen LogP contribution in [0.2, 0.25) is 0 Å². The van der Waals surface area contributed by atoms with Crippen LogP contribution < -0.4 is 10.6 Å². The average molecular weight is 923 g/mol. The number of aliphatic hydroxyl groups is 2. The van der Waals surface area contributed by atoms with Crippen molar-refractivity contribution in [1.29, 1.82) is 0 Å². The number of aliphatic hydroxyl groups excluding tert-OH is 2. The number of amides is 3. The van der Waals surface area contributed by atoms with E-state index in [0.717, 1.165) is 44.9 Å². The maximum absolute atomic E-state index is 13.7. The van der Waals surface area contributed by atoms with Crippen LogP contribution >= 0.6 is 0 Å². The van der Waals surface area contributed by atoms with Gasteiger partial charge < -0.3 is 35.2 Å². The van der Waals surface area contributed by atoms with Crippen molar-refractivity contribution in [2.45, 2.75) is 321 Å². The molecule has 0 bridgehead atoms. The zero-order valence-corrected chi connectivity index (χ0v) is 43.7. The van der Waals surface area contributed by atoms with Crippen LogP contribution in [0.3, 0.4) is 0 Å². The predicted octanol–water partition coefficient (Wildman–Crippen LogP) is 15.0. The summed E-state index contributed by atoms with van der Waals surface area (Å²) >= 11 is 0. The van der Waals surface area contributed by atoms with Gasteiger partial charge in [-0.15, -0.1) is 0 Å². The van der Waals surface area contributed by atoms with E-state index in [0.29, 0.717) is 19.5 Å². The second-order valence-corrected chi connectivity index (χ2v) is 20.2. The minimum Gasteiger partial charge on any atom is -0.388 e. The fourth-order valence-corrected chi connectivity index (χ4v) is 9.65. The molecule has 386 valence electrons. The maximum Gasteiger partial charge on any atom is 0.315 e. The fraction of sp³-hybridized carbons (Fsp3) is 0.964. The quantitative estimate of drug-likeness (QED) is 0.0451. The molecule has 0 aromatic carbocycles. The van der Waals surface area contributed by atoms with Gasteiger partial charge in [-0.2, -0.15) is 0 Å². The predicted molar refractivity (Wildman–Crippen MR) is 276 cm³/mol. The van der Waals surface area contributed by atoms with Crippen molar-refractivity contribution in [3.8, 4) is 0 Å². The van der Waals surface area contributed by atoms with Gasteiger partial charge in [0.2, 0.25) is 5.91 Å². The Kier molecular flexibility index (Phi) is 43.9. The number of methoxy groups -OCH3 is 1. The normalized spacial score (nSPS) is 18.6. The summed E-state index contributed by atoms with van der Waals surface area (Å²) in [6.07, 6.45) is 48.5. The highest BCUT2D eigenvalue weighted by Gasteiger charge is 2.46. The number of hydrogen-bond acceptors (Lipinski definition) is 6. The molecule has 0 aliphatic carbocycles. The molecule has 9 nitrogen and oxygen atoms in total. The highest BCUT2D eigenvalue weighted by Crippen LogP contribution is 2.24. The zero-order valence-electron chi connectivity index (χ0n) is 43.7. The second kappa shape index (κ2) is 46.3. The van der Waals surface area contributed by atoms with E-state index in [1.54, 1.807) is 0 Å². The second-order valence-electron chi connectivity index (χ2n) is 20.2. The number of urea groups is 1. The van der Waals surface area contributed by atoms with Gasteiger partial charge in [0.05, 0.1) is 0 Å². The van der Waals surface area contributed by atoms with E-state index in [4.69, 9.17) is 9.47 Å². The summed E-state index contributed by atoms with van der Waals surface area (Å²) in [5.74, 6) is 0.0851. The molecule has 65 heavy (non-hydrogen) atoms. The molecule has 0 radical (unpaired) electrons. The molecule has 0 saturated carbocycles. The number of carbonyl (C=O) groups is 2. The molecule has 0 aromatic heterocycles. The van der Waals surface area contributed by atoms with Gasteiger partial charge in [-0.25, -0.2) is 4.79 Å².